The second kappa shape index (κ2) is 5.69. The summed E-state index contributed by atoms with van der Waals surface area (Å²) in [6.07, 6.45) is 3.42. The summed E-state index contributed by atoms with van der Waals surface area (Å²) in [7, 11) is 0. The minimum absolute atomic E-state index is 0.0203. The second-order valence-electron chi connectivity index (χ2n) is 4.83. The summed E-state index contributed by atoms with van der Waals surface area (Å²) in [5, 5.41) is 24.6. The Labute approximate surface area is 120 Å². The largest absolute Gasteiger partial charge is 0.353 e. The zero-order valence-electron chi connectivity index (χ0n) is 11.2. The molecular weight excluding hydrogens is 274 g/mol. The molecule has 3 heterocycles. The van der Waals surface area contributed by atoms with E-state index in [2.05, 4.69) is 41.0 Å². The van der Waals surface area contributed by atoms with Gasteiger partial charge in [-0.25, -0.2) is 4.79 Å². The molecule has 0 spiro atoms. The summed E-state index contributed by atoms with van der Waals surface area (Å²) in [5.74, 6) is 1.18. The van der Waals surface area contributed by atoms with Gasteiger partial charge in [-0.15, -0.1) is 15.3 Å². The summed E-state index contributed by atoms with van der Waals surface area (Å²) in [5.41, 5.74) is 5.91. The Morgan fingerprint density at radius 2 is 2.38 bits per heavy atom. The molecule has 0 saturated carbocycles. The number of hydrogen-bond donors (Lipinski definition) is 3. The van der Waals surface area contributed by atoms with E-state index in [-0.39, 0.29) is 6.04 Å². The molecule has 21 heavy (non-hydrogen) atoms. The van der Waals surface area contributed by atoms with Crippen molar-refractivity contribution in [3.05, 3.63) is 12.3 Å². The van der Waals surface area contributed by atoms with Crippen LogP contribution in [0.3, 0.4) is 0 Å². The number of nitrogens with zero attached hydrogens (tertiary/aromatic N) is 6. The number of rotatable bonds is 3. The Kier molecular flexibility index (Phi) is 3.58. The number of aromatic nitrogens is 6. The van der Waals surface area contributed by atoms with Gasteiger partial charge in [0.25, 0.3) is 0 Å². The number of aromatic amines is 1. The van der Waals surface area contributed by atoms with Crippen molar-refractivity contribution in [1.82, 2.24) is 36.1 Å². The first-order valence-corrected chi connectivity index (χ1v) is 6.60. The predicted molar refractivity (Wildman–Crippen MR) is 73.2 cm³/mol. The normalized spacial score (nSPS) is 18.5. The van der Waals surface area contributed by atoms with Gasteiger partial charge in [-0.1, -0.05) is 0 Å². The molecule has 0 bridgehead atoms. The Morgan fingerprint density at radius 1 is 1.48 bits per heavy atom. The highest BCUT2D eigenvalue weighted by Crippen LogP contribution is 2.21. The molecule has 1 aliphatic heterocycles. The lowest BCUT2D eigenvalue weighted by Gasteiger charge is -2.33. The van der Waals surface area contributed by atoms with Crippen LogP contribution in [-0.2, 0) is 0 Å². The van der Waals surface area contributed by atoms with Gasteiger partial charge in [0.1, 0.15) is 0 Å². The first-order chi connectivity index (χ1) is 10.2. The van der Waals surface area contributed by atoms with Gasteiger partial charge in [0.05, 0.1) is 6.20 Å². The van der Waals surface area contributed by atoms with Gasteiger partial charge < -0.3 is 16.0 Å². The van der Waals surface area contributed by atoms with Crippen LogP contribution < -0.4 is 16.0 Å². The standard InChI is InChI=1S/C11H15N9O/c12-11(21)14-8-2-1-3-20(6-8)9-4-7(5-13-15-9)10-16-18-19-17-10/h4-5,8H,1-3,6H2,(H3,12,14,21)(H,16,17,18,19)/t8-/m1/s1. The van der Waals surface area contributed by atoms with Gasteiger partial charge >= 0.3 is 6.03 Å². The second-order valence-corrected chi connectivity index (χ2v) is 4.83. The molecule has 4 N–H and O–H groups in total. The van der Waals surface area contributed by atoms with Crippen LogP contribution in [0.25, 0.3) is 11.4 Å². The fourth-order valence-corrected chi connectivity index (χ4v) is 2.42. The third kappa shape index (κ3) is 3.04. The van der Waals surface area contributed by atoms with Gasteiger partial charge in [0.15, 0.2) is 5.82 Å². The van der Waals surface area contributed by atoms with E-state index in [9.17, 15) is 4.79 Å². The number of tetrazole rings is 1. The van der Waals surface area contributed by atoms with Crippen molar-refractivity contribution in [3.63, 3.8) is 0 Å². The lowest BCUT2D eigenvalue weighted by Crippen LogP contribution is -2.49. The third-order valence-corrected chi connectivity index (χ3v) is 3.34. The SMILES string of the molecule is NC(=O)N[C@@H]1CCCN(c2cc(-c3nn[nH]n3)cnn2)C1. The number of carbonyl (C=O) groups is 1. The molecular formula is C11H15N9O. The van der Waals surface area contributed by atoms with E-state index in [1.54, 1.807) is 6.20 Å². The van der Waals surface area contributed by atoms with Crippen molar-refractivity contribution in [1.29, 1.82) is 0 Å². The van der Waals surface area contributed by atoms with Gasteiger partial charge in [-0.2, -0.15) is 10.3 Å². The van der Waals surface area contributed by atoms with Gasteiger partial charge in [-0.3, -0.25) is 0 Å². The first-order valence-electron chi connectivity index (χ1n) is 6.60. The highest BCUT2D eigenvalue weighted by molar-refractivity contribution is 5.72. The summed E-state index contributed by atoms with van der Waals surface area (Å²) in [4.78, 5) is 13.0. The average molecular weight is 289 g/mol. The van der Waals surface area contributed by atoms with Crippen molar-refractivity contribution >= 4 is 11.8 Å². The van der Waals surface area contributed by atoms with E-state index in [1.807, 2.05) is 6.07 Å². The van der Waals surface area contributed by atoms with Crippen LogP contribution in [0.15, 0.2) is 12.3 Å². The van der Waals surface area contributed by atoms with Crippen LogP contribution in [0.4, 0.5) is 10.6 Å². The first kappa shape index (κ1) is 13.2. The number of primary amides is 1. The summed E-state index contributed by atoms with van der Waals surface area (Å²) >= 11 is 0. The van der Waals surface area contributed by atoms with Crippen LogP contribution >= 0.6 is 0 Å². The maximum absolute atomic E-state index is 11.0. The van der Waals surface area contributed by atoms with Crippen molar-refractivity contribution in [2.45, 2.75) is 18.9 Å². The molecule has 1 saturated heterocycles. The number of carbonyl (C=O) groups excluding carboxylic acids is 1. The monoisotopic (exact) mass is 289 g/mol. The number of urea groups is 1. The molecule has 3 rings (SSSR count). The number of nitrogens with one attached hydrogen (secondary N) is 2. The smallest absolute Gasteiger partial charge is 0.312 e. The van der Waals surface area contributed by atoms with Crippen molar-refractivity contribution < 1.29 is 4.79 Å². The van der Waals surface area contributed by atoms with Crippen molar-refractivity contribution in [2.75, 3.05) is 18.0 Å². The molecule has 110 valence electrons. The molecule has 0 aliphatic carbocycles. The van der Waals surface area contributed by atoms with E-state index in [4.69, 9.17) is 5.73 Å². The molecule has 1 atom stereocenters. The van der Waals surface area contributed by atoms with E-state index in [0.29, 0.717) is 18.2 Å². The maximum Gasteiger partial charge on any atom is 0.312 e. The van der Waals surface area contributed by atoms with E-state index < -0.39 is 6.03 Å². The quantitative estimate of drug-likeness (QED) is 0.678. The van der Waals surface area contributed by atoms with E-state index >= 15 is 0 Å². The molecule has 10 heteroatoms. The summed E-state index contributed by atoms with van der Waals surface area (Å²) in [6.45, 7) is 1.49. The number of amides is 2. The fourth-order valence-electron chi connectivity index (χ4n) is 2.42. The maximum atomic E-state index is 11.0. The Balaban J connectivity index is 1.77. The molecule has 0 unspecified atom stereocenters. The fraction of sp³-hybridized carbons (Fsp3) is 0.455. The van der Waals surface area contributed by atoms with Gasteiger partial charge in [0.2, 0.25) is 5.82 Å². The highest BCUT2D eigenvalue weighted by Gasteiger charge is 2.22. The number of hydrogen-bond acceptors (Lipinski definition) is 7. The average Bonchev–Trinajstić information content (AvgIpc) is 3.01. The zero-order chi connectivity index (χ0) is 14.7. The number of piperidine rings is 1. The molecule has 0 radical (unpaired) electrons. The lowest BCUT2D eigenvalue weighted by atomic mass is 10.1. The van der Waals surface area contributed by atoms with Crippen molar-refractivity contribution in [3.8, 4) is 11.4 Å². The molecule has 0 aromatic carbocycles. The van der Waals surface area contributed by atoms with Crippen molar-refractivity contribution in [2.24, 2.45) is 5.73 Å². The number of nitrogens with two attached hydrogens (primary N) is 1. The topological polar surface area (TPSA) is 139 Å². The Morgan fingerprint density at radius 3 is 3.14 bits per heavy atom. The predicted octanol–water partition coefficient (Wildman–Crippen LogP) is -0.706. The minimum atomic E-state index is -0.506. The number of anilines is 1. The van der Waals surface area contributed by atoms with Crippen LogP contribution in [-0.4, -0.2) is 56.0 Å². The molecule has 2 amide bonds. The Hall–Kier alpha value is -2.78. The summed E-state index contributed by atoms with van der Waals surface area (Å²) in [6, 6.07) is 1.37. The minimum Gasteiger partial charge on any atom is -0.353 e. The van der Waals surface area contributed by atoms with Crippen LogP contribution in [0, 0.1) is 0 Å². The zero-order valence-corrected chi connectivity index (χ0v) is 11.2. The molecule has 2 aromatic rings. The highest BCUT2D eigenvalue weighted by atomic mass is 16.2. The van der Waals surface area contributed by atoms with Gasteiger partial charge in [-0.05, 0) is 24.1 Å². The molecule has 1 aliphatic rings. The lowest BCUT2D eigenvalue weighted by molar-refractivity contribution is 0.243. The third-order valence-electron chi connectivity index (χ3n) is 3.34. The van der Waals surface area contributed by atoms with E-state index in [1.165, 1.54) is 0 Å². The van der Waals surface area contributed by atoms with E-state index in [0.717, 1.165) is 24.9 Å². The van der Waals surface area contributed by atoms with Crippen LogP contribution in [0.1, 0.15) is 12.8 Å². The summed E-state index contributed by atoms with van der Waals surface area (Å²) < 4.78 is 0. The van der Waals surface area contributed by atoms with Crippen LogP contribution in [0.2, 0.25) is 0 Å². The van der Waals surface area contributed by atoms with Gasteiger partial charge in [0, 0.05) is 24.7 Å². The van der Waals surface area contributed by atoms with Crippen LogP contribution in [0.5, 0.6) is 0 Å². The molecule has 2 aromatic heterocycles. The Bertz CT molecular complexity index is 614. The molecule has 10 nitrogen and oxygen atoms in total. The number of H-pyrrole nitrogens is 1. The molecule has 1 fully saturated rings.